The van der Waals surface area contributed by atoms with Crippen LogP contribution in [-0.2, 0) is 10.3 Å². The van der Waals surface area contributed by atoms with Gasteiger partial charge in [0.25, 0.3) is 0 Å². The predicted octanol–water partition coefficient (Wildman–Crippen LogP) is 0.356. The lowest BCUT2D eigenvalue weighted by atomic mass is 9.92. The molecule has 0 spiro atoms. The highest BCUT2D eigenvalue weighted by Gasteiger charge is 2.33. The molecule has 0 aliphatic heterocycles. The minimum absolute atomic E-state index is 0.0231. The fourth-order valence-electron chi connectivity index (χ4n) is 1.07. The Balaban J connectivity index is 3.33. The Labute approximate surface area is 80.4 Å². The lowest BCUT2D eigenvalue weighted by Crippen LogP contribution is -2.41. The van der Waals surface area contributed by atoms with Gasteiger partial charge in [0, 0.05) is 5.56 Å². The fraction of sp³-hybridized carbons (Fsp3) is 0.222. The van der Waals surface area contributed by atoms with Gasteiger partial charge in [-0.3, -0.25) is 0 Å². The molecule has 5 N–H and O–H groups in total. The molecule has 0 unspecified atom stereocenters. The number of rotatable bonds is 2. The smallest absolute Gasteiger partial charge is 0.328 e. The maximum atomic E-state index is 10.8. The van der Waals surface area contributed by atoms with Crippen molar-refractivity contribution in [3.63, 3.8) is 0 Å². The molecule has 1 aromatic carbocycles. The highest BCUT2D eigenvalue weighted by molar-refractivity contribution is 5.81. The summed E-state index contributed by atoms with van der Waals surface area (Å²) in [5.41, 5.74) is 3.74. The van der Waals surface area contributed by atoms with Crippen molar-refractivity contribution < 1.29 is 20.1 Å². The molecule has 14 heavy (non-hydrogen) atoms. The second kappa shape index (κ2) is 3.19. The van der Waals surface area contributed by atoms with E-state index < -0.39 is 17.3 Å². The molecule has 0 amide bonds. The molecule has 76 valence electrons. The summed E-state index contributed by atoms with van der Waals surface area (Å²) in [6, 6.07) is 4.01. The number of hydrogen-bond acceptors (Lipinski definition) is 4. The van der Waals surface area contributed by atoms with E-state index in [2.05, 4.69) is 0 Å². The molecule has 5 nitrogen and oxygen atoms in total. The Morgan fingerprint density at radius 3 is 2.50 bits per heavy atom. The van der Waals surface area contributed by atoms with Crippen molar-refractivity contribution in [3.05, 3.63) is 23.8 Å². The van der Waals surface area contributed by atoms with Gasteiger partial charge in [0.15, 0.2) is 11.5 Å². The number of nitrogens with two attached hydrogens (primary N) is 1. The molecule has 0 bridgehead atoms. The van der Waals surface area contributed by atoms with Crippen LogP contribution >= 0.6 is 0 Å². The van der Waals surface area contributed by atoms with Gasteiger partial charge in [0.05, 0.1) is 0 Å². The topological polar surface area (TPSA) is 104 Å². The summed E-state index contributed by atoms with van der Waals surface area (Å²) in [6.45, 7) is 1.24. The minimum Gasteiger partial charge on any atom is -0.504 e. The van der Waals surface area contributed by atoms with Gasteiger partial charge in [-0.05, 0) is 13.0 Å². The van der Waals surface area contributed by atoms with Crippen molar-refractivity contribution in [3.8, 4) is 11.5 Å². The standard InChI is InChI=1S/C9H11NO4/c1-9(10,8(13)14)5-3-2-4-6(11)7(5)12/h2-4,11-12H,10H2,1H3,(H,13,14)/t9-/m1/s1. The third-order valence-corrected chi connectivity index (χ3v) is 2.02. The Hall–Kier alpha value is -1.75. The number of carbonyl (C=O) groups is 1. The number of para-hydroxylation sites is 1. The van der Waals surface area contributed by atoms with Gasteiger partial charge in [-0.25, -0.2) is 4.79 Å². The molecule has 0 aliphatic rings. The Bertz CT molecular complexity index is 373. The first-order valence-electron chi connectivity index (χ1n) is 3.91. The first kappa shape index (κ1) is 10.3. The average Bonchev–Trinajstić information content (AvgIpc) is 2.09. The van der Waals surface area contributed by atoms with Crippen LogP contribution < -0.4 is 5.73 Å². The van der Waals surface area contributed by atoms with Crippen molar-refractivity contribution in [2.45, 2.75) is 12.5 Å². The Morgan fingerprint density at radius 1 is 1.43 bits per heavy atom. The SMILES string of the molecule is C[C@](N)(C(=O)O)c1cccc(O)c1O. The van der Waals surface area contributed by atoms with Gasteiger partial charge in [-0.15, -0.1) is 0 Å². The van der Waals surface area contributed by atoms with Gasteiger partial charge in [-0.1, -0.05) is 12.1 Å². The Kier molecular flexibility index (Phi) is 2.35. The quantitative estimate of drug-likeness (QED) is 0.512. The molecular weight excluding hydrogens is 186 g/mol. The molecule has 5 heteroatoms. The monoisotopic (exact) mass is 197 g/mol. The van der Waals surface area contributed by atoms with E-state index in [1.165, 1.54) is 25.1 Å². The zero-order chi connectivity index (χ0) is 10.9. The number of phenolic OH excluding ortho intramolecular Hbond substituents is 2. The molecule has 0 fully saturated rings. The molecule has 0 heterocycles. The number of hydrogen-bond donors (Lipinski definition) is 4. The molecule has 1 rings (SSSR count). The van der Waals surface area contributed by atoms with Gasteiger partial charge >= 0.3 is 5.97 Å². The summed E-state index contributed by atoms with van der Waals surface area (Å²) in [4.78, 5) is 10.8. The lowest BCUT2D eigenvalue weighted by Gasteiger charge is -2.20. The van der Waals surface area contributed by atoms with E-state index in [4.69, 9.17) is 15.9 Å². The van der Waals surface area contributed by atoms with E-state index in [1.807, 2.05) is 0 Å². The minimum atomic E-state index is -1.72. The van der Waals surface area contributed by atoms with Crippen LogP contribution in [0.3, 0.4) is 0 Å². The van der Waals surface area contributed by atoms with Crippen LogP contribution in [0.2, 0.25) is 0 Å². The number of carboxylic acid groups (broad SMARTS) is 1. The van der Waals surface area contributed by atoms with Gasteiger partial charge in [0.2, 0.25) is 0 Å². The van der Waals surface area contributed by atoms with Crippen molar-refractivity contribution in [1.82, 2.24) is 0 Å². The second-order valence-electron chi connectivity index (χ2n) is 3.18. The van der Waals surface area contributed by atoms with E-state index in [0.717, 1.165) is 0 Å². The maximum Gasteiger partial charge on any atom is 0.328 e. The van der Waals surface area contributed by atoms with Crippen LogP contribution in [0.1, 0.15) is 12.5 Å². The molecular formula is C9H11NO4. The van der Waals surface area contributed by atoms with E-state index in [0.29, 0.717) is 0 Å². The summed E-state index contributed by atoms with van der Waals surface area (Å²) in [5, 5.41) is 27.3. The summed E-state index contributed by atoms with van der Waals surface area (Å²) < 4.78 is 0. The maximum absolute atomic E-state index is 10.8. The van der Waals surface area contributed by atoms with E-state index in [1.54, 1.807) is 0 Å². The van der Waals surface area contributed by atoms with E-state index in [-0.39, 0.29) is 11.3 Å². The van der Waals surface area contributed by atoms with E-state index in [9.17, 15) is 9.90 Å². The number of aliphatic carboxylic acids is 1. The van der Waals surface area contributed by atoms with Crippen molar-refractivity contribution in [2.24, 2.45) is 5.73 Å². The summed E-state index contributed by atoms with van der Waals surface area (Å²) in [7, 11) is 0. The summed E-state index contributed by atoms with van der Waals surface area (Å²) in [6.07, 6.45) is 0. The molecule has 1 aromatic rings. The summed E-state index contributed by atoms with van der Waals surface area (Å²) in [5.74, 6) is -2.17. The number of carboxylic acids is 1. The van der Waals surface area contributed by atoms with Crippen LogP contribution in [-0.4, -0.2) is 21.3 Å². The molecule has 0 saturated heterocycles. The first-order chi connectivity index (χ1) is 6.37. The number of phenols is 2. The van der Waals surface area contributed by atoms with Crippen LogP contribution in [0.4, 0.5) is 0 Å². The predicted molar refractivity (Wildman–Crippen MR) is 48.9 cm³/mol. The van der Waals surface area contributed by atoms with E-state index >= 15 is 0 Å². The second-order valence-corrected chi connectivity index (χ2v) is 3.18. The highest BCUT2D eigenvalue weighted by atomic mass is 16.4. The molecule has 0 aliphatic carbocycles. The Morgan fingerprint density at radius 2 is 2.00 bits per heavy atom. The molecule has 0 saturated carbocycles. The summed E-state index contributed by atoms with van der Waals surface area (Å²) >= 11 is 0. The zero-order valence-electron chi connectivity index (χ0n) is 7.56. The number of benzene rings is 1. The molecule has 1 atom stereocenters. The fourth-order valence-corrected chi connectivity index (χ4v) is 1.07. The molecule has 0 aromatic heterocycles. The van der Waals surface area contributed by atoms with Crippen molar-refractivity contribution >= 4 is 5.97 Å². The van der Waals surface area contributed by atoms with Gasteiger partial charge < -0.3 is 21.1 Å². The largest absolute Gasteiger partial charge is 0.504 e. The van der Waals surface area contributed by atoms with Crippen LogP contribution in [0.15, 0.2) is 18.2 Å². The zero-order valence-corrected chi connectivity index (χ0v) is 7.56. The van der Waals surface area contributed by atoms with Crippen LogP contribution in [0, 0.1) is 0 Å². The van der Waals surface area contributed by atoms with Crippen LogP contribution in [0.5, 0.6) is 11.5 Å². The average molecular weight is 197 g/mol. The normalized spacial score (nSPS) is 14.7. The van der Waals surface area contributed by atoms with Crippen molar-refractivity contribution in [1.29, 1.82) is 0 Å². The molecule has 0 radical (unpaired) electrons. The van der Waals surface area contributed by atoms with Gasteiger partial charge in [0.1, 0.15) is 5.54 Å². The van der Waals surface area contributed by atoms with Gasteiger partial charge in [-0.2, -0.15) is 0 Å². The van der Waals surface area contributed by atoms with Crippen molar-refractivity contribution in [2.75, 3.05) is 0 Å². The third-order valence-electron chi connectivity index (χ3n) is 2.02. The lowest BCUT2D eigenvalue weighted by molar-refractivity contribution is -0.143. The van der Waals surface area contributed by atoms with Crippen LogP contribution in [0.25, 0.3) is 0 Å². The first-order valence-corrected chi connectivity index (χ1v) is 3.91. The highest BCUT2D eigenvalue weighted by Crippen LogP contribution is 2.34. The number of aromatic hydroxyl groups is 2. The third kappa shape index (κ3) is 1.49.